The molecule has 0 aliphatic heterocycles. The lowest BCUT2D eigenvalue weighted by Crippen LogP contribution is -2.07. The second-order valence-electron chi connectivity index (χ2n) is 4.87. The minimum absolute atomic E-state index is 0.686. The van der Waals surface area contributed by atoms with Crippen molar-refractivity contribution in [3.8, 4) is 5.69 Å². The van der Waals surface area contributed by atoms with E-state index in [9.17, 15) is 0 Å². The molecule has 21 heavy (non-hydrogen) atoms. The maximum Gasteiger partial charge on any atom is 0.130 e. The van der Waals surface area contributed by atoms with Crippen LogP contribution in [0.1, 0.15) is 17.1 Å². The molecule has 0 aliphatic rings. The van der Waals surface area contributed by atoms with E-state index in [2.05, 4.69) is 32.5 Å². The van der Waals surface area contributed by atoms with Crippen LogP contribution in [0.25, 0.3) is 5.69 Å². The van der Waals surface area contributed by atoms with E-state index in [0.29, 0.717) is 6.54 Å². The Morgan fingerprint density at radius 2 is 1.95 bits per heavy atom. The Morgan fingerprint density at radius 1 is 1.10 bits per heavy atom. The number of rotatable bonds is 4. The molecule has 3 rings (SSSR count). The van der Waals surface area contributed by atoms with E-state index in [-0.39, 0.29) is 0 Å². The Hall–Kier alpha value is -2.69. The molecule has 0 amide bonds. The Balaban J connectivity index is 1.82. The first kappa shape index (κ1) is 13.3. The molecular formula is C16H17N5. The zero-order valence-corrected chi connectivity index (χ0v) is 12.1. The number of aromatic nitrogens is 4. The van der Waals surface area contributed by atoms with E-state index < -0.39 is 0 Å². The van der Waals surface area contributed by atoms with Gasteiger partial charge >= 0.3 is 0 Å². The average molecular weight is 279 g/mol. The summed E-state index contributed by atoms with van der Waals surface area (Å²) < 4.78 is 1.87. The highest BCUT2D eigenvalue weighted by molar-refractivity contribution is 5.44. The van der Waals surface area contributed by atoms with Crippen LogP contribution in [0.4, 0.5) is 5.82 Å². The molecule has 5 nitrogen and oxygen atoms in total. The maximum absolute atomic E-state index is 4.40. The highest BCUT2D eigenvalue weighted by Crippen LogP contribution is 2.15. The summed E-state index contributed by atoms with van der Waals surface area (Å²) in [5, 5.41) is 7.65. The molecular weight excluding hydrogens is 262 g/mol. The monoisotopic (exact) mass is 279 g/mol. The van der Waals surface area contributed by atoms with Crippen molar-refractivity contribution in [3.05, 3.63) is 65.9 Å². The van der Waals surface area contributed by atoms with Gasteiger partial charge in [-0.2, -0.15) is 5.10 Å². The summed E-state index contributed by atoms with van der Waals surface area (Å²) >= 11 is 0. The van der Waals surface area contributed by atoms with Crippen molar-refractivity contribution in [2.75, 3.05) is 5.32 Å². The highest BCUT2D eigenvalue weighted by atomic mass is 15.3. The van der Waals surface area contributed by atoms with Crippen LogP contribution >= 0.6 is 0 Å². The molecule has 5 heteroatoms. The van der Waals surface area contributed by atoms with Gasteiger partial charge in [0.25, 0.3) is 0 Å². The fraction of sp³-hybridized carbons (Fsp3) is 0.188. The van der Waals surface area contributed by atoms with Gasteiger partial charge in [-0.15, -0.1) is 0 Å². The number of para-hydroxylation sites is 1. The van der Waals surface area contributed by atoms with Gasteiger partial charge in [-0.1, -0.05) is 18.2 Å². The van der Waals surface area contributed by atoms with Gasteiger partial charge in [0, 0.05) is 30.7 Å². The summed E-state index contributed by atoms with van der Waals surface area (Å²) in [6, 6.07) is 12.1. The number of hydrogen-bond donors (Lipinski definition) is 1. The standard InChI is InChI=1S/C16H17N5/c1-12-10-16(20-13(2)19-12)17-11-14-6-3-4-7-15(14)21-9-5-8-18-21/h3-10H,11H2,1-2H3,(H,17,19,20). The molecule has 1 aromatic carbocycles. The quantitative estimate of drug-likeness (QED) is 0.798. The molecule has 0 aliphatic carbocycles. The number of nitrogens with zero attached hydrogens (tertiary/aromatic N) is 4. The zero-order chi connectivity index (χ0) is 14.7. The predicted molar refractivity (Wildman–Crippen MR) is 82.4 cm³/mol. The van der Waals surface area contributed by atoms with Crippen LogP contribution in [-0.2, 0) is 6.54 Å². The van der Waals surface area contributed by atoms with E-state index in [1.807, 2.05) is 49.0 Å². The molecule has 0 saturated carbocycles. The molecule has 1 N–H and O–H groups in total. The summed E-state index contributed by atoms with van der Waals surface area (Å²) in [6.45, 7) is 4.55. The molecule has 2 aromatic heterocycles. The van der Waals surface area contributed by atoms with Crippen molar-refractivity contribution in [1.82, 2.24) is 19.7 Å². The lowest BCUT2D eigenvalue weighted by molar-refractivity contribution is 0.862. The van der Waals surface area contributed by atoms with E-state index >= 15 is 0 Å². The molecule has 0 spiro atoms. The molecule has 0 bridgehead atoms. The Labute approximate surface area is 123 Å². The zero-order valence-electron chi connectivity index (χ0n) is 12.1. The molecule has 2 heterocycles. The summed E-state index contributed by atoms with van der Waals surface area (Å²) in [6.07, 6.45) is 3.72. The third-order valence-corrected chi connectivity index (χ3v) is 3.17. The van der Waals surface area contributed by atoms with Crippen molar-refractivity contribution in [1.29, 1.82) is 0 Å². The summed E-state index contributed by atoms with van der Waals surface area (Å²) in [4.78, 5) is 8.68. The second kappa shape index (κ2) is 5.75. The first-order valence-corrected chi connectivity index (χ1v) is 6.86. The van der Waals surface area contributed by atoms with Crippen molar-refractivity contribution < 1.29 is 0 Å². The van der Waals surface area contributed by atoms with Gasteiger partial charge in [0.1, 0.15) is 11.6 Å². The molecule has 3 aromatic rings. The molecule has 106 valence electrons. The second-order valence-corrected chi connectivity index (χ2v) is 4.87. The average Bonchev–Trinajstić information content (AvgIpc) is 2.98. The van der Waals surface area contributed by atoms with Crippen LogP contribution in [0, 0.1) is 13.8 Å². The van der Waals surface area contributed by atoms with Crippen LogP contribution in [0.5, 0.6) is 0 Å². The van der Waals surface area contributed by atoms with Gasteiger partial charge in [0.15, 0.2) is 0 Å². The predicted octanol–water partition coefficient (Wildman–Crippen LogP) is 2.89. The van der Waals surface area contributed by atoms with Gasteiger partial charge in [-0.25, -0.2) is 14.6 Å². The van der Waals surface area contributed by atoms with Crippen LogP contribution in [0.3, 0.4) is 0 Å². The Bertz CT molecular complexity index is 714. The SMILES string of the molecule is Cc1cc(NCc2ccccc2-n2cccn2)nc(C)n1. The summed E-state index contributed by atoms with van der Waals surface area (Å²) in [7, 11) is 0. The minimum Gasteiger partial charge on any atom is -0.366 e. The van der Waals surface area contributed by atoms with Gasteiger partial charge in [-0.05, 0) is 31.5 Å². The van der Waals surface area contributed by atoms with Crippen LogP contribution in [-0.4, -0.2) is 19.7 Å². The van der Waals surface area contributed by atoms with E-state index in [1.54, 1.807) is 6.20 Å². The molecule has 0 radical (unpaired) electrons. The van der Waals surface area contributed by atoms with Gasteiger partial charge < -0.3 is 5.32 Å². The first-order valence-electron chi connectivity index (χ1n) is 6.86. The lowest BCUT2D eigenvalue weighted by Gasteiger charge is -2.11. The van der Waals surface area contributed by atoms with Gasteiger partial charge in [-0.3, -0.25) is 0 Å². The molecule has 0 fully saturated rings. The van der Waals surface area contributed by atoms with Gasteiger partial charge in [0.05, 0.1) is 5.69 Å². The first-order chi connectivity index (χ1) is 10.2. The minimum atomic E-state index is 0.686. The van der Waals surface area contributed by atoms with Crippen molar-refractivity contribution in [3.63, 3.8) is 0 Å². The van der Waals surface area contributed by atoms with E-state index in [4.69, 9.17) is 0 Å². The summed E-state index contributed by atoms with van der Waals surface area (Å²) in [5.41, 5.74) is 3.19. The number of nitrogens with one attached hydrogen (secondary N) is 1. The van der Waals surface area contributed by atoms with Gasteiger partial charge in [0.2, 0.25) is 0 Å². The van der Waals surface area contributed by atoms with E-state index in [1.165, 1.54) is 0 Å². The third kappa shape index (κ3) is 3.08. The normalized spacial score (nSPS) is 10.6. The maximum atomic E-state index is 4.40. The fourth-order valence-electron chi connectivity index (χ4n) is 2.29. The Morgan fingerprint density at radius 3 is 2.71 bits per heavy atom. The van der Waals surface area contributed by atoms with Crippen molar-refractivity contribution >= 4 is 5.82 Å². The van der Waals surface area contributed by atoms with Crippen LogP contribution < -0.4 is 5.32 Å². The number of aryl methyl sites for hydroxylation is 2. The fourth-order valence-corrected chi connectivity index (χ4v) is 2.29. The van der Waals surface area contributed by atoms with Crippen molar-refractivity contribution in [2.24, 2.45) is 0 Å². The largest absolute Gasteiger partial charge is 0.366 e. The lowest BCUT2D eigenvalue weighted by atomic mass is 10.2. The van der Waals surface area contributed by atoms with E-state index in [0.717, 1.165) is 28.6 Å². The third-order valence-electron chi connectivity index (χ3n) is 3.17. The number of hydrogen-bond acceptors (Lipinski definition) is 4. The smallest absolute Gasteiger partial charge is 0.130 e. The van der Waals surface area contributed by atoms with Crippen LogP contribution in [0.15, 0.2) is 48.8 Å². The molecule has 0 saturated heterocycles. The number of benzene rings is 1. The molecule has 0 atom stereocenters. The highest BCUT2D eigenvalue weighted by Gasteiger charge is 2.05. The summed E-state index contributed by atoms with van der Waals surface area (Å²) in [5.74, 6) is 1.62. The molecule has 0 unspecified atom stereocenters. The van der Waals surface area contributed by atoms with Crippen LogP contribution in [0.2, 0.25) is 0 Å². The topological polar surface area (TPSA) is 55.6 Å². The van der Waals surface area contributed by atoms with Crippen molar-refractivity contribution in [2.45, 2.75) is 20.4 Å². The Kier molecular flexibility index (Phi) is 3.64. The number of anilines is 1.